The van der Waals surface area contributed by atoms with Gasteiger partial charge in [-0.1, -0.05) is 24.3 Å². The van der Waals surface area contributed by atoms with Crippen molar-refractivity contribution < 1.29 is 28.5 Å². The van der Waals surface area contributed by atoms with E-state index in [1.54, 1.807) is 38.3 Å². The summed E-state index contributed by atoms with van der Waals surface area (Å²) in [5.41, 5.74) is 4.65. The van der Waals surface area contributed by atoms with Gasteiger partial charge in [-0.3, -0.25) is 9.59 Å². The lowest BCUT2D eigenvalue weighted by molar-refractivity contribution is -0.127. The summed E-state index contributed by atoms with van der Waals surface area (Å²) in [6.45, 7) is 4.36. The molecule has 0 saturated carbocycles. The van der Waals surface area contributed by atoms with E-state index in [2.05, 4.69) is 17.3 Å². The van der Waals surface area contributed by atoms with Crippen molar-refractivity contribution >= 4 is 17.5 Å². The van der Waals surface area contributed by atoms with Crippen molar-refractivity contribution in [3.63, 3.8) is 0 Å². The molecular formula is C38H43N3O6. The molecule has 9 heteroatoms. The Morgan fingerprint density at radius 1 is 0.830 bits per heavy atom. The Hall–Kier alpha value is -5.02. The van der Waals surface area contributed by atoms with Crippen LogP contribution in [0.25, 0.3) is 22.3 Å². The van der Waals surface area contributed by atoms with Crippen LogP contribution in [0.15, 0.2) is 84.9 Å². The highest BCUT2D eigenvalue weighted by molar-refractivity contribution is 6.05. The summed E-state index contributed by atoms with van der Waals surface area (Å²) in [6.07, 6.45) is 2.11. The summed E-state index contributed by atoms with van der Waals surface area (Å²) in [4.78, 5) is 29.0. The Morgan fingerprint density at radius 2 is 1.60 bits per heavy atom. The number of piperidine rings is 1. The van der Waals surface area contributed by atoms with Crippen molar-refractivity contribution in [3.8, 4) is 45.3 Å². The molecule has 0 atom stereocenters. The fraction of sp³-hybridized carbons (Fsp3) is 0.316. The third-order valence-electron chi connectivity index (χ3n) is 8.44. The lowest BCUT2D eigenvalue weighted by atomic mass is 10.0. The molecular weight excluding hydrogens is 594 g/mol. The van der Waals surface area contributed by atoms with Crippen molar-refractivity contribution in [2.45, 2.75) is 25.9 Å². The zero-order chi connectivity index (χ0) is 33.3. The van der Waals surface area contributed by atoms with Gasteiger partial charge < -0.3 is 34.1 Å². The molecule has 2 amide bonds. The van der Waals surface area contributed by atoms with E-state index in [4.69, 9.17) is 18.9 Å². The predicted octanol–water partition coefficient (Wildman–Crippen LogP) is 6.62. The van der Waals surface area contributed by atoms with E-state index in [1.165, 1.54) is 6.92 Å². The van der Waals surface area contributed by atoms with E-state index in [0.717, 1.165) is 59.7 Å². The van der Waals surface area contributed by atoms with Crippen LogP contribution < -0.4 is 24.3 Å². The molecule has 0 radical (unpaired) electrons. The number of hydrogen-bond acceptors (Lipinski definition) is 7. The number of nitrogens with zero attached hydrogens (tertiary/aromatic N) is 2. The van der Waals surface area contributed by atoms with Crippen molar-refractivity contribution in [2.75, 3.05) is 59.9 Å². The first-order valence-electron chi connectivity index (χ1n) is 15.8. The van der Waals surface area contributed by atoms with Crippen molar-refractivity contribution in [2.24, 2.45) is 0 Å². The fourth-order valence-electron chi connectivity index (χ4n) is 5.48. The van der Waals surface area contributed by atoms with E-state index < -0.39 is 0 Å². The van der Waals surface area contributed by atoms with Gasteiger partial charge in [-0.05, 0) is 85.6 Å². The van der Waals surface area contributed by atoms with Crippen LogP contribution in [-0.4, -0.2) is 82.3 Å². The summed E-state index contributed by atoms with van der Waals surface area (Å²) in [5.74, 6) is 2.56. The number of anilines is 1. The molecule has 4 aromatic rings. The molecule has 4 aromatic carbocycles. The Bertz CT molecular complexity index is 1680. The lowest BCUT2D eigenvalue weighted by Gasteiger charge is -2.29. The molecule has 9 nitrogen and oxygen atoms in total. The van der Waals surface area contributed by atoms with Gasteiger partial charge in [0.25, 0.3) is 5.91 Å². The molecule has 1 N–H and O–H groups in total. The van der Waals surface area contributed by atoms with Gasteiger partial charge >= 0.3 is 0 Å². The minimum atomic E-state index is -0.237. The Morgan fingerprint density at radius 3 is 2.30 bits per heavy atom. The van der Waals surface area contributed by atoms with Crippen LogP contribution in [0.5, 0.6) is 23.0 Å². The molecule has 0 unspecified atom stereocenters. The number of ether oxygens (including phenoxy) is 4. The van der Waals surface area contributed by atoms with Gasteiger partial charge in [0.1, 0.15) is 35.7 Å². The van der Waals surface area contributed by atoms with E-state index in [1.807, 2.05) is 72.8 Å². The van der Waals surface area contributed by atoms with Gasteiger partial charge in [0.15, 0.2) is 0 Å². The molecule has 1 saturated heterocycles. The second-order valence-corrected chi connectivity index (χ2v) is 11.7. The van der Waals surface area contributed by atoms with Gasteiger partial charge in [0.2, 0.25) is 5.91 Å². The highest BCUT2D eigenvalue weighted by atomic mass is 16.5. The first-order valence-corrected chi connectivity index (χ1v) is 15.8. The van der Waals surface area contributed by atoms with Crippen LogP contribution in [0, 0.1) is 0 Å². The van der Waals surface area contributed by atoms with Gasteiger partial charge in [0, 0.05) is 55.5 Å². The standard InChI is InChI=1S/C38H43N3O6/c1-26(42)41(3)21-22-46-37-25-33(47-31-17-19-40(2)20-18-31)14-15-34(37)27-9-12-30(13-10-27)39-38(43)29-11-16-36(45-5)35(24-29)28-7-6-8-32(23-28)44-4/h6-16,23-25,31H,17-22H2,1-5H3,(H,39,43). The summed E-state index contributed by atoms with van der Waals surface area (Å²) < 4.78 is 23.5. The van der Waals surface area contributed by atoms with Gasteiger partial charge in [-0.25, -0.2) is 0 Å². The second kappa shape index (κ2) is 15.5. The fourth-order valence-corrected chi connectivity index (χ4v) is 5.48. The number of amides is 2. The van der Waals surface area contributed by atoms with Gasteiger partial charge in [-0.2, -0.15) is 0 Å². The van der Waals surface area contributed by atoms with Crippen LogP contribution in [0.1, 0.15) is 30.1 Å². The number of methoxy groups -OCH3 is 2. The third kappa shape index (κ3) is 8.62. The van der Waals surface area contributed by atoms with Crippen LogP contribution in [0.3, 0.4) is 0 Å². The molecule has 5 rings (SSSR count). The minimum Gasteiger partial charge on any atom is -0.497 e. The average Bonchev–Trinajstić information content (AvgIpc) is 3.09. The summed E-state index contributed by atoms with van der Waals surface area (Å²) in [7, 11) is 7.11. The predicted molar refractivity (Wildman–Crippen MR) is 185 cm³/mol. The minimum absolute atomic E-state index is 0.0167. The average molecular weight is 638 g/mol. The summed E-state index contributed by atoms with van der Waals surface area (Å²) in [5, 5.41) is 3.01. The number of carbonyl (C=O) groups excluding carboxylic acids is 2. The molecule has 0 aliphatic carbocycles. The summed E-state index contributed by atoms with van der Waals surface area (Å²) in [6, 6.07) is 26.5. The van der Waals surface area contributed by atoms with Crippen LogP contribution in [0.4, 0.5) is 5.69 Å². The molecule has 0 spiro atoms. The number of hydrogen-bond donors (Lipinski definition) is 1. The third-order valence-corrected chi connectivity index (χ3v) is 8.44. The second-order valence-electron chi connectivity index (χ2n) is 11.7. The largest absolute Gasteiger partial charge is 0.497 e. The van der Waals surface area contributed by atoms with Gasteiger partial charge in [0.05, 0.1) is 20.8 Å². The SMILES string of the molecule is COc1cccc(-c2cc(C(=O)Nc3ccc(-c4ccc(OC5CCN(C)CC5)cc4OCCN(C)C(C)=O)cc3)ccc2OC)c1. The number of likely N-dealkylation sites (tertiary alicyclic amines) is 1. The van der Waals surface area contributed by atoms with Crippen molar-refractivity contribution in [3.05, 3.63) is 90.5 Å². The smallest absolute Gasteiger partial charge is 0.255 e. The quantitative estimate of drug-likeness (QED) is 0.187. The van der Waals surface area contributed by atoms with E-state index in [9.17, 15) is 9.59 Å². The number of rotatable bonds is 12. The summed E-state index contributed by atoms with van der Waals surface area (Å²) >= 11 is 0. The molecule has 1 aliphatic rings. The van der Waals surface area contributed by atoms with Gasteiger partial charge in [-0.15, -0.1) is 0 Å². The van der Waals surface area contributed by atoms with Crippen molar-refractivity contribution in [1.82, 2.24) is 9.80 Å². The number of nitrogens with one attached hydrogen (secondary N) is 1. The molecule has 1 aliphatic heterocycles. The first-order chi connectivity index (χ1) is 22.7. The van der Waals surface area contributed by atoms with Crippen LogP contribution >= 0.6 is 0 Å². The highest BCUT2D eigenvalue weighted by Gasteiger charge is 2.19. The normalized spacial score (nSPS) is 13.5. The molecule has 1 fully saturated rings. The molecule has 0 aromatic heterocycles. The van der Waals surface area contributed by atoms with E-state index in [0.29, 0.717) is 35.9 Å². The molecule has 0 bridgehead atoms. The Balaban J connectivity index is 1.33. The lowest BCUT2D eigenvalue weighted by Crippen LogP contribution is -2.35. The van der Waals surface area contributed by atoms with Crippen LogP contribution in [0.2, 0.25) is 0 Å². The Kier molecular flexibility index (Phi) is 11.0. The first kappa shape index (κ1) is 33.3. The van der Waals surface area contributed by atoms with Crippen LogP contribution in [-0.2, 0) is 4.79 Å². The zero-order valence-corrected chi connectivity index (χ0v) is 27.7. The molecule has 246 valence electrons. The molecule has 1 heterocycles. The molecule has 47 heavy (non-hydrogen) atoms. The Labute approximate surface area is 277 Å². The topological polar surface area (TPSA) is 89.6 Å². The maximum atomic E-state index is 13.3. The van der Waals surface area contributed by atoms with E-state index in [-0.39, 0.29) is 17.9 Å². The zero-order valence-electron chi connectivity index (χ0n) is 27.7. The maximum absolute atomic E-state index is 13.3. The number of benzene rings is 4. The number of likely N-dealkylation sites (N-methyl/N-ethyl adjacent to an activating group) is 1. The van der Waals surface area contributed by atoms with Crippen molar-refractivity contribution in [1.29, 1.82) is 0 Å². The maximum Gasteiger partial charge on any atom is 0.255 e. The highest BCUT2D eigenvalue weighted by Crippen LogP contribution is 2.36. The monoisotopic (exact) mass is 637 g/mol. The van der Waals surface area contributed by atoms with E-state index >= 15 is 0 Å². The number of carbonyl (C=O) groups is 2.